The first-order valence-corrected chi connectivity index (χ1v) is 5.36. The van der Waals surface area contributed by atoms with E-state index in [1.165, 1.54) is 6.42 Å². The number of nitrogens with zero attached hydrogens (tertiary/aromatic N) is 4. The zero-order chi connectivity index (χ0) is 9.26. The summed E-state index contributed by atoms with van der Waals surface area (Å²) < 4.78 is 1.83. The number of likely N-dealkylation sites (tertiary alicyclic amines) is 1. The van der Waals surface area contributed by atoms with Gasteiger partial charge < -0.3 is 0 Å². The molecule has 0 saturated carbocycles. The van der Waals surface area contributed by atoms with Crippen molar-refractivity contribution >= 4 is 15.9 Å². The van der Waals surface area contributed by atoms with Crippen molar-refractivity contribution in [3.05, 3.63) is 12.2 Å². The number of aryl methyl sites for hydroxylation is 1. The first-order chi connectivity index (χ1) is 6.25. The molecular weight excluding hydrogens is 232 g/mol. The summed E-state index contributed by atoms with van der Waals surface area (Å²) in [6.07, 6.45) is 2.84. The van der Waals surface area contributed by atoms with Crippen LogP contribution in [0.2, 0.25) is 0 Å². The highest BCUT2D eigenvalue weighted by atomic mass is 79.9. The molecule has 0 amide bonds. The average Bonchev–Trinajstić information content (AvgIpc) is 2.64. The molecule has 0 aliphatic carbocycles. The highest BCUT2D eigenvalue weighted by Crippen LogP contribution is 2.17. The second-order valence-electron chi connectivity index (χ2n) is 3.42. The van der Waals surface area contributed by atoms with Crippen LogP contribution in [0.1, 0.15) is 12.2 Å². The molecule has 1 fully saturated rings. The van der Waals surface area contributed by atoms with Crippen LogP contribution < -0.4 is 0 Å². The fourth-order valence-electron chi connectivity index (χ4n) is 1.59. The Morgan fingerprint density at radius 2 is 2.54 bits per heavy atom. The number of alkyl halides is 1. The van der Waals surface area contributed by atoms with Crippen LogP contribution in [-0.4, -0.2) is 37.6 Å². The van der Waals surface area contributed by atoms with Crippen LogP contribution in [-0.2, 0) is 13.6 Å². The van der Waals surface area contributed by atoms with Crippen molar-refractivity contribution in [1.29, 1.82) is 0 Å². The van der Waals surface area contributed by atoms with E-state index in [2.05, 4.69) is 30.9 Å². The Morgan fingerprint density at radius 3 is 3.08 bits per heavy atom. The predicted octanol–water partition coefficient (Wildman–Crippen LogP) is 0.784. The van der Waals surface area contributed by atoms with Crippen LogP contribution in [0.5, 0.6) is 0 Å². The van der Waals surface area contributed by atoms with Gasteiger partial charge in [-0.25, -0.2) is 4.98 Å². The van der Waals surface area contributed by atoms with E-state index < -0.39 is 0 Å². The summed E-state index contributed by atoms with van der Waals surface area (Å²) in [5.41, 5.74) is 0. The van der Waals surface area contributed by atoms with Crippen LogP contribution >= 0.6 is 15.9 Å². The van der Waals surface area contributed by atoms with Gasteiger partial charge >= 0.3 is 0 Å². The van der Waals surface area contributed by atoms with Gasteiger partial charge in [-0.05, 0) is 13.0 Å². The van der Waals surface area contributed by atoms with E-state index in [0.29, 0.717) is 4.83 Å². The van der Waals surface area contributed by atoms with Crippen molar-refractivity contribution < 1.29 is 0 Å². The summed E-state index contributed by atoms with van der Waals surface area (Å²) in [6, 6.07) is 0. The van der Waals surface area contributed by atoms with Gasteiger partial charge in [0.1, 0.15) is 12.2 Å². The van der Waals surface area contributed by atoms with E-state index in [1.54, 1.807) is 6.33 Å². The lowest BCUT2D eigenvalue weighted by atomic mass is 10.4. The molecule has 13 heavy (non-hydrogen) atoms. The summed E-state index contributed by atoms with van der Waals surface area (Å²) in [6.45, 7) is 3.19. The molecular formula is C8H13BrN4. The van der Waals surface area contributed by atoms with Crippen molar-refractivity contribution in [2.75, 3.05) is 13.1 Å². The van der Waals surface area contributed by atoms with Crippen LogP contribution in [0.25, 0.3) is 0 Å². The molecule has 0 N–H and O–H groups in total. The Bertz CT molecular complexity index is 285. The first kappa shape index (κ1) is 9.15. The number of rotatable bonds is 2. The van der Waals surface area contributed by atoms with E-state index >= 15 is 0 Å². The normalized spacial score (nSPS) is 24.0. The molecule has 0 aromatic carbocycles. The Labute approximate surface area is 86.1 Å². The number of hydrogen-bond donors (Lipinski definition) is 0. The second-order valence-corrected chi connectivity index (χ2v) is 4.72. The lowest BCUT2D eigenvalue weighted by Gasteiger charge is -2.13. The van der Waals surface area contributed by atoms with Crippen molar-refractivity contribution in [2.45, 2.75) is 17.8 Å². The standard InChI is InChI=1S/C8H13BrN4/c1-12-8(10-6-11-12)5-13-3-2-7(9)4-13/h6-7H,2-5H2,1H3. The van der Waals surface area contributed by atoms with Crippen LogP contribution in [0.3, 0.4) is 0 Å². The molecule has 0 spiro atoms. The molecule has 2 rings (SSSR count). The first-order valence-electron chi connectivity index (χ1n) is 4.45. The SMILES string of the molecule is Cn1ncnc1CN1CCC(Br)C1. The number of aromatic nitrogens is 3. The largest absolute Gasteiger partial charge is 0.295 e. The lowest BCUT2D eigenvalue weighted by molar-refractivity contribution is 0.318. The van der Waals surface area contributed by atoms with E-state index in [0.717, 1.165) is 25.5 Å². The molecule has 1 aliphatic heterocycles. The Balaban J connectivity index is 1.95. The summed E-state index contributed by atoms with van der Waals surface area (Å²) in [7, 11) is 1.93. The Hall–Kier alpha value is -0.420. The van der Waals surface area contributed by atoms with Crippen molar-refractivity contribution in [2.24, 2.45) is 7.05 Å². The Morgan fingerprint density at radius 1 is 1.69 bits per heavy atom. The molecule has 1 aromatic rings. The predicted molar refractivity (Wildman–Crippen MR) is 53.6 cm³/mol. The molecule has 1 unspecified atom stereocenters. The van der Waals surface area contributed by atoms with Crippen LogP contribution in [0.15, 0.2) is 6.33 Å². The summed E-state index contributed by atoms with van der Waals surface area (Å²) in [5, 5.41) is 4.04. The molecule has 1 atom stereocenters. The zero-order valence-corrected chi connectivity index (χ0v) is 9.24. The van der Waals surface area contributed by atoms with Gasteiger partial charge in [-0.2, -0.15) is 5.10 Å². The monoisotopic (exact) mass is 244 g/mol. The molecule has 1 saturated heterocycles. The lowest BCUT2D eigenvalue weighted by Crippen LogP contribution is -2.22. The van der Waals surface area contributed by atoms with E-state index in [4.69, 9.17) is 0 Å². The third-order valence-electron chi connectivity index (χ3n) is 2.39. The third-order valence-corrected chi connectivity index (χ3v) is 3.13. The molecule has 4 nitrogen and oxygen atoms in total. The van der Waals surface area contributed by atoms with Gasteiger partial charge in [-0.3, -0.25) is 9.58 Å². The molecule has 0 bridgehead atoms. The maximum atomic E-state index is 4.20. The minimum Gasteiger partial charge on any atom is -0.295 e. The average molecular weight is 245 g/mol. The van der Waals surface area contributed by atoms with Gasteiger partial charge in [-0.15, -0.1) is 0 Å². The number of hydrogen-bond acceptors (Lipinski definition) is 3. The zero-order valence-electron chi connectivity index (χ0n) is 7.65. The molecule has 1 aromatic heterocycles. The quantitative estimate of drug-likeness (QED) is 0.722. The smallest absolute Gasteiger partial charge is 0.140 e. The summed E-state index contributed by atoms with van der Waals surface area (Å²) >= 11 is 3.62. The molecule has 72 valence electrons. The fourth-order valence-corrected chi connectivity index (χ4v) is 2.21. The second kappa shape index (κ2) is 3.75. The van der Waals surface area contributed by atoms with Gasteiger partial charge in [0.15, 0.2) is 0 Å². The van der Waals surface area contributed by atoms with Gasteiger partial charge in [0, 0.05) is 18.4 Å². The van der Waals surface area contributed by atoms with Crippen molar-refractivity contribution in [3.63, 3.8) is 0 Å². The summed E-state index contributed by atoms with van der Waals surface area (Å²) in [4.78, 5) is 7.24. The van der Waals surface area contributed by atoms with Gasteiger partial charge in [0.25, 0.3) is 0 Å². The topological polar surface area (TPSA) is 34.0 Å². The molecule has 5 heteroatoms. The minimum atomic E-state index is 0.653. The third kappa shape index (κ3) is 2.08. The van der Waals surface area contributed by atoms with E-state index in [-0.39, 0.29) is 0 Å². The van der Waals surface area contributed by atoms with Crippen molar-refractivity contribution in [1.82, 2.24) is 19.7 Å². The van der Waals surface area contributed by atoms with Gasteiger partial charge in [0.05, 0.1) is 6.54 Å². The van der Waals surface area contributed by atoms with E-state index in [9.17, 15) is 0 Å². The minimum absolute atomic E-state index is 0.653. The van der Waals surface area contributed by atoms with Gasteiger partial charge in [-0.1, -0.05) is 15.9 Å². The number of halogens is 1. The Kier molecular flexibility index (Phi) is 2.64. The molecule has 2 heterocycles. The van der Waals surface area contributed by atoms with Crippen molar-refractivity contribution in [3.8, 4) is 0 Å². The van der Waals surface area contributed by atoms with Gasteiger partial charge in [0.2, 0.25) is 0 Å². The van der Waals surface area contributed by atoms with Crippen LogP contribution in [0.4, 0.5) is 0 Å². The maximum absolute atomic E-state index is 4.20. The van der Waals surface area contributed by atoms with E-state index in [1.807, 2.05) is 11.7 Å². The highest BCUT2D eigenvalue weighted by Gasteiger charge is 2.20. The summed E-state index contributed by atoms with van der Waals surface area (Å²) in [5.74, 6) is 1.04. The fraction of sp³-hybridized carbons (Fsp3) is 0.750. The molecule has 0 radical (unpaired) electrons. The van der Waals surface area contributed by atoms with Crippen LogP contribution in [0, 0.1) is 0 Å². The highest BCUT2D eigenvalue weighted by molar-refractivity contribution is 9.09. The molecule has 1 aliphatic rings. The maximum Gasteiger partial charge on any atom is 0.140 e.